The topological polar surface area (TPSA) is 440 Å². The molecule has 0 unspecified atom stereocenters. The van der Waals surface area contributed by atoms with E-state index in [0.29, 0.717) is 207 Å². The van der Waals surface area contributed by atoms with Gasteiger partial charge >= 0.3 is 5.97 Å². The largest absolute Gasteiger partial charge is 0.460 e. The number of fused-ring (bicyclic) bond motifs is 5. The molecular formula is C87H133N13O21. The minimum absolute atomic E-state index is 0.00699. The van der Waals surface area contributed by atoms with Crippen LogP contribution in [0.25, 0.3) is 33.4 Å². The van der Waals surface area contributed by atoms with E-state index in [0.717, 1.165) is 43.2 Å². The Bertz CT molecular complexity index is 4170. The van der Waals surface area contributed by atoms with E-state index in [-0.39, 0.29) is 74.1 Å². The minimum Gasteiger partial charge on any atom is -0.460 e. The second-order valence-electron chi connectivity index (χ2n) is 32.6. The number of Topliss-reactive ketones (excluding diaryl/α,β-unsaturated/α-hetero) is 1. The first-order chi connectivity index (χ1) is 58.4. The number of aryl methyl sites for hydroxylation is 1. The summed E-state index contributed by atoms with van der Waals surface area (Å²) in [5, 5.41) is 69.1. The molecule has 2 amide bonds. The molecule has 5 aromatic rings. The number of cyclic esters (lactones) is 1. The van der Waals surface area contributed by atoms with Gasteiger partial charge in [-0.05, 0) is 151 Å². The van der Waals surface area contributed by atoms with Crippen LogP contribution in [-0.2, 0) is 95.8 Å². The lowest BCUT2D eigenvalue weighted by molar-refractivity contribution is -0.265. The molecule has 34 nitrogen and oxygen atoms in total. The van der Waals surface area contributed by atoms with E-state index >= 15 is 0 Å². The minimum atomic E-state index is -2.45. The summed E-state index contributed by atoms with van der Waals surface area (Å²) in [6, 6.07) is 4.44. The van der Waals surface area contributed by atoms with E-state index in [2.05, 4.69) is 48.7 Å². The molecule has 1 saturated carbocycles. The fourth-order valence-corrected chi connectivity index (χ4v) is 16.1. The molecule has 7 heterocycles. The number of anilines is 2. The number of hydrogen-bond acceptors (Lipinski definition) is 30. The van der Waals surface area contributed by atoms with Gasteiger partial charge in [-0.25, -0.2) is 24.1 Å². The Morgan fingerprint density at radius 3 is 2.20 bits per heavy atom. The number of ketones is 1. The zero-order valence-corrected chi connectivity index (χ0v) is 72.4. The lowest BCUT2D eigenvalue weighted by Crippen LogP contribution is -2.61. The molecular weight excluding hydrogens is 1560 g/mol. The Kier molecular flexibility index (Phi) is 40.0. The van der Waals surface area contributed by atoms with Crippen LogP contribution in [0, 0.1) is 35.5 Å². The second-order valence-corrected chi connectivity index (χ2v) is 32.6. The van der Waals surface area contributed by atoms with E-state index in [4.69, 9.17) is 77.9 Å². The smallest absolute Gasteiger partial charge is 0.329 e. The van der Waals surface area contributed by atoms with Gasteiger partial charge in [0.15, 0.2) is 17.8 Å². The molecule has 121 heavy (non-hydrogen) atoms. The molecule has 1 aliphatic carbocycles. The van der Waals surface area contributed by atoms with Crippen molar-refractivity contribution in [3.8, 4) is 11.3 Å². The second kappa shape index (κ2) is 50.0. The first-order valence-corrected chi connectivity index (χ1v) is 43.1. The highest BCUT2D eigenvalue weighted by Gasteiger charge is 2.53. The van der Waals surface area contributed by atoms with Crippen LogP contribution >= 0.6 is 0 Å². The number of ether oxygens (including phenoxy) is 11. The van der Waals surface area contributed by atoms with E-state index < -0.39 is 84.1 Å². The normalized spacial score (nSPS) is 28.2. The standard InChI is InChI=1S/C87H133N13O21/c1-56-20-12-11-13-21-57(2)72(109-8)51-66-26-23-62(7)87(108,121-66)81(105)84(106)99-31-16-14-22-68(99)85(107)119-73(59(4)48-63-24-27-69(101)74(49-63)110-9)52-70(102)58(3)47-61(6)79(104)80(111-10)77(60(5)46-56)96-118-54-65-53-98(97-94-65)33-37-114-39-41-116-43-45-117-44-42-115-40-38-113-35-19-18-34-112-36-29-75(103)90-30-15-17-32-100-83-76(82(88)91-55-92-83)78(95-100)64-25-28-71-67(50-64)93-86(89)120-71/h11-13,20-21,25,28,47,50,53,55-56,58-60,62-63,66,68-70,72-74,79-80,101-102,104,108H,14-19,22-24,26-27,29-46,48-49,51-52,54H2,1-10H3,(H2,89,93)(H,90,103)(H2,88,91,92)/b13-11+,20-12+,57-21+,61-47+,96-77?/t56-,58-,59-,60-,62-,63+,66+,68+,69-,70-,72+,73+,74-,79-,80+,87-/m1/s1. The van der Waals surface area contributed by atoms with Gasteiger partial charge in [-0.15, -0.1) is 5.10 Å². The molecule has 9 rings (SSSR count). The number of nitrogens with zero attached hydrogens (tertiary/aromatic N) is 10. The Hall–Kier alpha value is -8.07. The number of nitrogens with two attached hydrogens (primary N) is 2. The molecule has 3 fully saturated rings. The van der Waals surface area contributed by atoms with Crippen molar-refractivity contribution in [2.75, 3.05) is 125 Å². The number of aromatic nitrogens is 8. The number of nitrogens with one attached hydrogen (secondary N) is 1. The molecule has 4 aromatic heterocycles. The van der Waals surface area contributed by atoms with Gasteiger partial charge in [0.05, 0.1) is 120 Å². The Balaban J connectivity index is 0.669. The number of amides is 2. The third-order valence-electron chi connectivity index (χ3n) is 23.3. The summed E-state index contributed by atoms with van der Waals surface area (Å²) in [5.41, 5.74) is 17.6. The van der Waals surface area contributed by atoms with Gasteiger partial charge in [-0.1, -0.05) is 81.4 Å². The number of nitrogen functional groups attached to an aromatic ring is 2. The predicted molar refractivity (Wildman–Crippen MR) is 452 cm³/mol. The number of piperidine rings is 1. The van der Waals surface area contributed by atoms with Crippen LogP contribution in [0.5, 0.6) is 0 Å². The number of methoxy groups -OCH3 is 3. The number of allylic oxidation sites excluding steroid dienone is 5. The number of carbonyl (C=O) groups is 4. The fourth-order valence-electron chi connectivity index (χ4n) is 16.1. The lowest BCUT2D eigenvalue weighted by Gasteiger charge is -2.43. The number of rotatable bonds is 38. The van der Waals surface area contributed by atoms with Crippen LogP contribution in [0.4, 0.5) is 11.8 Å². The summed E-state index contributed by atoms with van der Waals surface area (Å²) < 4.78 is 73.5. The van der Waals surface area contributed by atoms with Gasteiger partial charge in [-0.3, -0.25) is 14.4 Å². The lowest BCUT2D eigenvalue weighted by atomic mass is 9.78. The molecule has 0 spiro atoms. The van der Waals surface area contributed by atoms with Crippen molar-refractivity contribution in [2.24, 2.45) is 40.7 Å². The van der Waals surface area contributed by atoms with Crippen LogP contribution in [0.2, 0.25) is 0 Å². The number of aliphatic hydroxyl groups is 4. The summed E-state index contributed by atoms with van der Waals surface area (Å²) >= 11 is 0. The fraction of sp³-hybridized carbons (Fsp3) is 0.690. The number of benzene rings is 1. The van der Waals surface area contributed by atoms with Crippen LogP contribution < -0.4 is 16.8 Å². The summed E-state index contributed by atoms with van der Waals surface area (Å²) in [5.74, 6) is -6.90. The zero-order valence-electron chi connectivity index (χ0n) is 72.4. The molecule has 2 bridgehead atoms. The van der Waals surface area contributed by atoms with Crippen LogP contribution in [0.1, 0.15) is 163 Å². The molecule has 672 valence electrons. The first kappa shape index (κ1) is 96.7. The third-order valence-corrected chi connectivity index (χ3v) is 23.3. The van der Waals surface area contributed by atoms with E-state index in [9.17, 15) is 39.6 Å². The highest BCUT2D eigenvalue weighted by atomic mass is 16.6. The van der Waals surface area contributed by atoms with Crippen molar-refractivity contribution in [1.82, 2.24) is 49.9 Å². The Morgan fingerprint density at radius 2 is 1.48 bits per heavy atom. The van der Waals surface area contributed by atoms with Crippen molar-refractivity contribution in [1.29, 1.82) is 0 Å². The number of oxazole rings is 1. The molecule has 9 N–H and O–H groups in total. The predicted octanol–water partition coefficient (Wildman–Crippen LogP) is 8.55. The number of hydrogen-bond donors (Lipinski definition) is 7. The van der Waals surface area contributed by atoms with E-state index in [1.165, 1.54) is 18.3 Å². The van der Waals surface area contributed by atoms with Crippen molar-refractivity contribution in [2.45, 2.75) is 238 Å². The molecule has 4 aliphatic rings. The summed E-state index contributed by atoms with van der Waals surface area (Å²) in [4.78, 5) is 76.3. The average molecular weight is 1700 g/mol. The Labute approximate surface area is 710 Å². The van der Waals surface area contributed by atoms with Gasteiger partial charge < -0.3 is 103 Å². The molecule has 1 aromatic carbocycles. The summed E-state index contributed by atoms with van der Waals surface area (Å²) in [6.07, 6.45) is 17.4. The van der Waals surface area contributed by atoms with Gasteiger partial charge in [0, 0.05) is 96.8 Å². The quantitative estimate of drug-likeness (QED) is 0.00639. The highest BCUT2D eigenvalue weighted by Crippen LogP contribution is 2.39. The third kappa shape index (κ3) is 29.3. The van der Waals surface area contributed by atoms with Gasteiger partial charge in [-0.2, -0.15) is 10.1 Å². The first-order valence-electron chi connectivity index (χ1n) is 43.1. The number of esters is 1. The maximum absolute atomic E-state index is 14.7. The molecule has 3 aliphatic heterocycles. The van der Waals surface area contributed by atoms with Crippen molar-refractivity contribution < 1.29 is 101 Å². The highest BCUT2D eigenvalue weighted by molar-refractivity contribution is 6.39. The summed E-state index contributed by atoms with van der Waals surface area (Å²) in [6.45, 7) is 19.9. The van der Waals surface area contributed by atoms with Gasteiger partial charge in [0.1, 0.15) is 53.4 Å². The molecule has 16 atom stereocenters. The van der Waals surface area contributed by atoms with E-state index in [1.807, 2.05) is 68.8 Å². The summed E-state index contributed by atoms with van der Waals surface area (Å²) in [7, 11) is 4.66. The van der Waals surface area contributed by atoms with E-state index in [1.54, 1.807) is 51.1 Å². The van der Waals surface area contributed by atoms with Crippen molar-refractivity contribution >= 4 is 63.2 Å². The number of aliphatic hydroxyl groups excluding tert-OH is 3. The maximum Gasteiger partial charge on any atom is 0.329 e. The number of oxime groups is 1. The average Bonchev–Trinajstić information content (AvgIpc) is 1.76. The van der Waals surface area contributed by atoms with Gasteiger partial charge in [0.25, 0.3) is 17.7 Å². The maximum atomic E-state index is 14.7. The number of unbranched alkanes of at least 4 members (excludes halogenated alkanes) is 2. The van der Waals surface area contributed by atoms with Crippen LogP contribution in [0.3, 0.4) is 0 Å². The van der Waals surface area contributed by atoms with Crippen LogP contribution in [-0.4, -0.2) is 269 Å². The zero-order chi connectivity index (χ0) is 86.8. The van der Waals surface area contributed by atoms with Crippen molar-refractivity contribution in [3.05, 3.63) is 84.0 Å². The van der Waals surface area contributed by atoms with Crippen molar-refractivity contribution in [3.63, 3.8) is 0 Å². The van der Waals surface area contributed by atoms with Gasteiger partial charge in [0.2, 0.25) is 11.7 Å². The molecule has 34 heteroatoms. The Morgan fingerprint density at radius 1 is 0.760 bits per heavy atom. The molecule has 2 saturated heterocycles. The monoisotopic (exact) mass is 1700 g/mol. The SMILES string of the molecule is CO[C@H]1C[C@@H]2CC[C@@H](C)[C@@](O)(O2)C(=O)C(=O)N2CCCC[C@H]2C(=O)O[C@H]([C@H](C)C[C@@H]2CC[C@@H](O)[C@H](OC)C2)C[C@@H](O)[C@H](C)/C=C(\C)[C@@H](O)[C@@H](OC)C(=NOCc2cn(CCOCCOCCOCCOCCOCCCCOCCC(=O)NCCCCn3nc(-c4ccc5oc(N)nc5c4)c4c(N)ncnc43)nn2)[C@H](C)C[C@H](C)/C=C/C=C/C=C/1C. The molecule has 0 radical (unpaired) electrons. The number of carbonyl (C=O) groups excluding carboxylic acids is 4. The van der Waals surface area contributed by atoms with Crippen LogP contribution in [0.15, 0.2) is 87.9 Å².